The SMILES string of the molecule is Cc1sc2nc(CC(=O)N/N=C3\CCc4ccccc4C3)[nH]c(=O)c2c1C. The number of thiophene rings is 1. The van der Waals surface area contributed by atoms with Crippen LogP contribution in [-0.4, -0.2) is 21.6 Å². The van der Waals surface area contributed by atoms with Gasteiger partial charge in [-0.15, -0.1) is 11.3 Å². The van der Waals surface area contributed by atoms with E-state index in [-0.39, 0.29) is 17.9 Å². The third-order valence-corrected chi connectivity index (χ3v) is 6.05. The molecule has 2 heterocycles. The number of rotatable bonds is 3. The van der Waals surface area contributed by atoms with E-state index in [1.54, 1.807) is 0 Å². The Hall–Kier alpha value is -2.80. The second kappa shape index (κ2) is 7.08. The van der Waals surface area contributed by atoms with Gasteiger partial charge in [0.2, 0.25) is 5.91 Å². The van der Waals surface area contributed by atoms with Crippen molar-refractivity contribution in [3.8, 4) is 0 Å². The highest BCUT2D eigenvalue weighted by atomic mass is 32.1. The van der Waals surface area contributed by atoms with Crippen molar-refractivity contribution in [2.24, 2.45) is 5.10 Å². The lowest BCUT2D eigenvalue weighted by atomic mass is 9.90. The molecule has 3 aromatic rings. The van der Waals surface area contributed by atoms with Crippen molar-refractivity contribution in [3.05, 3.63) is 62.0 Å². The molecule has 0 fully saturated rings. The van der Waals surface area contributed by atoms with Crippen molar-refractivity contribution in [1.29, 1.82) is 0 Å². The Morgan fingerprint density at radius 1 is 1.26 bits per heavy atom. The molecule has 0 radical (unpaired) electrons. The predicted octanol–water partition coefficient (Wildman–Crippen LogP) is 2.81. The van der Waals surface area contributed by atoms with Crippen LogP contribution in [-0.2, 0) is 24.1 Å². The third-order valence-electron chi connectivity index (χ3n) is 4.95. The van der Waals surface area contributed by atoms with Crippen molar-refractivity contribution in [2.75, 3.05) is 0 Å². The molecule has 0 bridgehead atoms. The van der Waals surface area contributed by atoms with Crippen LogP contribution in [0.15, 0.2) is 34.2 Å². The zero-order chi connectivity index (χ0) is 19.0. The molecule has 0 atom stereocenters. The van der Waals surface area contributed by atoms with Gasteiger partial charge in [0.1, 0.15) is 10.7 Å². The van der Waals surface area contributed by atoms with Crippen LogP contribution >= 0.6 is 11.3 Å². The van der Waals surface area contributed by atoms with Crippen LogP contribution in [0.3, 0.4) is 0 Å². The summed E-state index contributed by atoms with van der Waals surface area (Å²) in [5.41, 5.74) is 6.93. The first-order valence-corrected chi connectivity index (χ1v) is 9.73. The zero-order valence-corrected chi connectivity index (χ0v) is 16.1. The molecule has 138 valence electrons. The standard InChI is InChI=1S/C20H20N4O2S/c1-11-12(2)27-20-18(11)19(26)21-16(22-20)10-17(25)24-23-15-8-7-13-5-3-4-6-14(13)9-15/h3-6H,7-10H2,1-2H3,(H,24,25)(H,21,22,26)/b23-15+. The fraction of sp³-hybridized carbons (Fsp3) is 0.300. The van der Waals surface area contributed by atoms with Crippen molar-refractivity contribution >= 4 is 33.2 Å². The van der Waals surface area contributed by atoms with Crippen LogP contribution in [0.25, 0.3) is 10.2 Å². The van der Waals surface area contributed by atoms with Gasteiger partial charge in [-0.2, -0.15) is 5.10 Å². The summed E-state index contributed by atoms with van der Waals surface area (Å²) in [4.78, 5) is 33.4. The highest BCUT2D eigenvalue weighted by Crippen LogP contribution is 2.25. The van der Waals surface area contributed by atoms with Crippen molar-refractivity contribution in [3.63, 3.8) is 0 Å². The lowest BCUT2D eigenvalue weighted by Gasteiger charge is -2.17. The van der Waals surface area contributed by atoms with Crippen LogP contribution in [0.5, 0.6) is 0 Å². The summed E-state index contributed by atoms with van der Waals surface area (Å²) in [5, 5.41) is 4.89. The molecule has 0 unspecified atom stereocenters. The first-order valence-electron chi connectivity index (χ1n) is 8.91. The van der Waals surface area contributed by atoms with E-state index in [0.29, 0.717) is 16.0 Å². The number of nitrogens with one attached hydrogen (secondary N) is 2. The number of carbonyl (C=O) groups excluding carboxylic acids is 1. The van der Waals surface area contributed by atoms with Gasteiger partial charge in [0.05, 0.1) is 11.8 Å². The summed E-state index contributed by atoms with van der Waals surface area (Å²) in [6.45, 7) is 3.88. The number of aromatic amines is 1. The number of benzene rings is 1. The monoisotopic (exact) mass is 380 g/mol. The fourth-order valence-electron chi connectivity index (χ4n) is 3.37. The minimum absolute atomic E-state index is 0.00541. The van der Waals surface area contributed by atoms with Crippen LogP contribution in [0, 0.1) is 13.8 Å². The number of hydrogen-bond donors (Lipinski definition) is 2. The average molecular weight is 380 g/mol. The van der Waals surface area contributed by atoms with E-state index in [2.05, 4.69) is 32.6 Å². The molecule has 0 saturated heterocycles. The van der Waals surface area contributed by atoms with Crippen LogP contribution in [0.1, 0.15) is 33.8 Å². The van der Waals surface area contributed by atoms with Gasteiger partial charge in [-0.3, -0.25) is 9.59 Å². The Morgan fingerprint density at radius 3 is 2.85 bits per heavy atom. The van der Waals surface area contributed by atoms with Crippen LogP contribution < -0.4 is 11.0 Å². The lowest BCUT2D eigenvalue weighted by molar-refractivity contribution is -0.120. The second-order valence-electron chi connectivity index (χ2n) is 6.81. The third kappa shape index (κ3) is 3.55. The molecule has 0 spiro atoms. The molecule has 0 saturated carbocycles. The Labute approximate surface area is 160 Å². The van der Waals surface area contributed by atoms with Crippen molar-refractivity contribution in [2.45, 2.75) is 39.5 Å². The summed E-state index contributed by atoms with van der Waals surface area (Å²) in [6.07, 6.45) is 2.53. The molecular weight excluding hydrogens is 360 g/mol. The molecular formula is C20H20N4O2S. The molecule has 2 N–H and O–H groups in total. The second-order valence-corrected chi connectivity index (χ2v) is 8.01. The van der Waals surface area contributed by atoms with Crippen molar-refractivity contribution < 1.29 is 4.79 Å². The zero-order valence-electron chi connectivity index (χ0n) is 15.3. The highest BCUT2D eigenvalue weighted by molar-refractivity contribution is 7.18. The number of fused-ring (bicyclic) bond motifs is 2. The van der Waals surface area contributed by atoms with E-state index in [1.165, 1.54) is 22.5 Å². The minimum atomic E-state index is -0.283. The highest BCUT2D eigenvalue weighted by Gasteiger charge is 2.15. The molecule has 1 aliphatic carbocycles. The number of hydrogen-bond acceptors (Lipinski definition) is 5. The number of H-pyrrole nitrogens is 1. The van der Waals surface area contributed by atoms with Gasteiger partial charge in [-0.25, -0.2) is 10.4 Å². The van der Waals surface area contributed by atoms with Gasteiger partial charge in [-0.1, -0.05) is 24.3 Å². The smallest absolute Gasteiger partial charge is 0.259 e. The first-order chi connectivity index (χ1) is 13.0. The maximum absolute atomic E-state index is 12.3. The summed E-state index contributed by atoms with van der Waals surface area (Å²) in [7, 11) is 0. The van der Waals surface area contributed by atoms with E-state index < -0.39 is 0 Å². The van der Waals surface area contributed by atoms with Gasteiger partial charge in [0.15, 0.2) is 0 Å². The van der Waals surface area contributed by atoms with E-state index in [9.17, 15) is 9.59 Å². The number of hydrazone groups is 1. The number of carbonyl (C=O) groups is 1. The Morgan fingerprint density at radius 2 is 2.04 bits per heavy atom. The first kappa shape index (κ1) is 17.6. The summed E-state index contributed by atoms with van der Waals surface area (Å²) in [5.74, 6) is 0.0781. The molecule has 0 aliphatic heterocycles. The van der Waals surface area contributed by atoms with E-state index in [0.717, 1.165) is 35.4 Å². The molecule has 4 rings (SSSR count). The summed E-state index contributed by atoms with van der Waals surface area (Å²) >= 11 is 1.47. The van der Waals surface area contributed by atoms with Gasteiger partial charge in [0, 0.05) is 17.0 Å². The molecule has 1 amide bonds. The minimum Gasteiger partial charge on any atom is -0.309 e. The number of amides is 1. The molecule has 27 heavy (non-hydrogen) atoms. The number of nitrogens with zero attached hydrogens (tertiary/aromatic N) is 2. The molecule has 7 heteroatoms. The van der Waals surface area contributed by atoms with Gasteiger partial charge < -0.3 is 4.98 Å². The maximum atomic E-state index is 12.3. The Kier molecular flexibility index (Phi) is 4.61. The summed E-state index contributed by atoms with van der Waals surface area (Å²) < 4.78 is 0. The van der Waals surface area contributed by atoms with Crippen LogP contribution in [0.4, 0.5) is 0 Å². The fourth-order valence-corrected chi connectivity index (χ4v) is 4.42. The largest absolute Gasteiger partial charge is 0.309 e. The molecule has 1 aromatic carbocycles. The normalized spacial score (nSPS) is 15.1. The topological polar surface area (TPSA) is 87.2 Å². The van der Waals surface area contributed by atoms with E-state index in [4.69, 9.17) is 0 Å². The maximum Gasteiger partial charge on any atom is 0.259 e. The molecule has 6 nitrogen and oxygen atoms in total. The predicted molar refractivity (Wildman–Crippen MR) is 107 cm³/mol. The van der Waals surface area contributed by atoms with Crippen molar-refractivity contribution in [1.82, 2.24) is 15.4 Å². The van der Waals surface area contributed by atoms with Crippen LogP contribution in [0.2, 0.25) is 0 Å². The van der Waals surface area contributed by atoms with E-state index in [1.807, 2.05) is 26.0 Å². The average Bonchev–Trinajstić information content (AvgIpc) is 2.94. The van der Waals surface area contributed by atoms with Gasteiger partial charge in [0.25, 0.3) is 5.56 Å². The summed E-state index contributed by atoms with van der Waals surface area (Å²) in [6, 6.07) is 8.30. The van der Waals surface area contributed by atoms with Gasteiger partial charge in [-0.05, 0) is 43.4 Å². The molecule has 2 aromatic heterocycles. The molecule has 1 aliphatic rings. The van der Waals surface area contributed by atoms with Gasteiger partial charge >= 0.3 is 0 Å². The Bertz CT molecular complexity index is 1130. The Balaban J connectivity index is 1.46. The van der Waals surface area contributed by atoms with E-state index >= 15 is 0 Å². The number of aryl methyl sites for hydroxylation is 3. The quantitative estimate of drug-likeness (QED) is 0.685. The number of aromatic nitrogens is 2. The lowest BCUT2D eigenvalue weighted by Crippen LogP contribution is -2.25.